The summed E-state index contributed by atoms with van der Waals surface area (Å²) in [5, 5.41) is 11.3. The molecule has 0 spiro atoms. The average molecular weight is 286 g/mol. The minimum atomic E-state index is -0.278. The maximum absolute atomic E-state index is 11.9. The van der Waals surface area contributed by atoms with Crippen molar-refractivity contribution < 1.29 is 4.79 Å². The van der Waals surface area contributed by atoms with E-state index in [1.807, 2.05) is 6.26 Å². The number of hydrogen-bond acceptors (Lipinski definition) is 5. The molecule has 2 rings (SSSR count). The van der Waals surface area contributed by atoms with E-state index in [2.05, 4.69) is 15.5 Å². The number of benzene rings is 1. The second-order valence-electron chi connectivity index (χ2n) is 3.01. The fourth-order valence-electron chi connectivity index (χ4n) is 1.15. The van der Waals surface area contributed by atoms with E-state index in [9.17, 15) is 4.79 Å². The van der Waals surface area contributed by atoms with Gasteiger partial charge in [0.1, 0.15) is 0 Å². The van der Waals surface area contributed by atoms with Crippen LogP contribution >= 0.6 is 34.7 Å². The first kappa shape index (κ1) is 12.3. The van der Waals surface area contributed by atoms with E-state index in [0.29, 0.717) is 15.7 Å². The Bertz CT molecular complexity index is 544. The molecule has 0 aliphatic rings. The molecule has 0 aliphatic carbocycles. The van der Waals surface area contributed by atoms with E-state index in [0.717, 1.165) is 4.34 Å². The molecule has 17 heavy (non-hydrogen) atoms. The first-order valence-electron chi connectivity index (χ1n) is 4.64. The number of nitrogens with one attached hydrogen (secondary N) is 1. The third-order valence-corrected chi connectivity index (χ3v) is 4.06. The highest BCUT2D eigenvalue weighted by Gasteiger charge is 2.12. The van der Waals surface area contributed by atoms with Crippen molar-refractivity contribution in [2.45, 2.75) is 4.34 Å². The van der Waals surface area contributed by atoms with Crippen molar-refractivity contribution in [3.63, 3.8) is 0 Å². The van der Waals surface area contributed by atoms with Crippen LogP contribution in [0.5, 0.6) is 0 Å². The number of amides is 1. The lowest BCUT2D eigenvalue weighted by atomic mass is 10.2. The average Bonchev–Trinajstić information content (AvgIpc) is 2.77. The van der Waals surface area contributed by atoms with Gasteiger partial charge in [0, 0.05) is 0 Å². The van der Waals surface area contributed by atoms with Crippen LogP contribution < -0.4 is 5.32 Å². The van der Waals surface area contributed by atoms with Crippen LogP contribution in [0, 0.1) is 0 Å². The third kappa shape index (κ3) is 2.96. The number of carbonyl (C=O) groups excluding carboxylic acids is 1. The number of carbonyl (C=O) groups is 1. The van der Waals surface area contributed by atoms with Gasteiger partial charge in [-0.3, -0.25) is 10.1 Å². The molecule has 1 aromatic carbocycles. The number of anilines is 1. The molecule has 1 aromatic heterocycles. The summed E-state index contributed by atoms with van der Waals surface area (Å²) in [5.74, 6) is -0.278. The molecule has 0 aliphatic heterocycles. The van der Waals surface area contributed by atoms with Crippen molar-refractivity contribution in [1.82, 2.24) is 10.2 Å². The highest BCUT2D eigenvalue weighted by atomic mass is 35.5. The van der Waals surface area contributed by atoms with E-state index in [4.69, 9.17) is 11.6 Å². The van der Waals surface area contributed by atoms with Gasteiger partial charge in [-0.1, -0.05) is 46.8 Å². The van der Waals surface area contributed by atoms with Crippen LogP contribution in [0.25, 0.3) is 0 Å². The molecule has 0 saturated heterocycles. The topological polar surface area (TPSA) is 54.9 Å². The predicted molar refractivity (Wildman–Crippen MR) is 71.1 cm³/mol. The summed E-state index contributed by atoms with van der Waals surface area (Å²) in [5.41, 5.74) is 0.426. The van der Waals surface area contributed by atoms with Gasteiger partial charge in [0.15, 0.2) is 4.34 Å². The zero-order valence-corrected chi connectivity index (χ0v) is 11.2. The molecule has 1 N–H and O–H groups in total. The summed E-state index contributed by atoms with van der Waals surface area (Å²) >= 11 is 8.73. The van der Waals surface area contributed by atoms with Crippen molar-refractivity contribution in [3.05, 3.63) is 34.9 Å². The van der Waals surface area contributed by atoms with Crippen LogP contribution in [-0.2, 0) is 0 Å². The minimum absolute atomic E-state index is 0.278. The van der Waals surface area contributed by atoms with Crippen LogP contribution in [0.3, 0.4) is 0 Å². The lowest BCUT2D eigenvalue weighted by molar-refractivity contribution is 0.102. The Morgan fingerprint density at radius 3 is 2.82 bits per heavy atom. The lowest BCUT2D eigenvalue weighted by Crippen LogP contribution is -2.12. The van der Waals surface area contributed by atoms with Crippen molar-refractivity contribution >= 4 is 45.7 Å². The molecule has 88 valence electrons. The number of halogens is 1. The van der Waals surface area contributed by atoms with Crippen molar-refractivity contribution in [1.29, 1.82) is 0 Å². The van der Waals surface area contributed by atoms with Gasteiger partial charge in [0.2, 0.25) is 5.13 Å². The van der Waals surface area contributed by atoms with Crippen LogP contribution in [0.15, 0.2) is 28.6 Å². The summed E-state index contributed by atoms with van der Waals surface area (Å²) < 4.78 is 0.805. The minimum Gasteiger partial charge on any atom is -0.296 e. The Labute approximate surface area is 111 Å². The van der Waals surface area contributed by atoms with Gasteiger partial charge in [0.05, 0.1) is 10.6 Å². The van der Waals surface area contributed by atoms with Gasteiger partial charge in [-0.05, 0) is 18.4 Å². The molecular formula is C10H8ClN3OS2. The SMILES string of the molecule is CSc1nnc(NC(=O)c2ccccc2Cl)s1. The maximum atomic E-state index is 11.9. The van der Waals surface area contributed by atoms with Crippen LogP contribution in [0.4, 0.5) is 5.13 Å². The van der Waals surface area contributed by atoms with Gasteiger partial charge >= 0.3 is 0 Å². The molecule has 0 bridgehead atoms. The van der Waals surface area contributed by atoms with Crippen LogP contribution in [-0.4, -0.2) is 22.4 Å². The van der Waals surface area contributed by atoms with E-state index in [1.54, 1.807) is 24.3 Å². The van der Waals surface area contributed by atoms with Gasteiger partial charge in [-0.25, -0.2) is 0 Å². The molecule has 0 radical (unpaired) electrons. The molecular weight excluding hydrogens is 278 g/mol. The number of thioether (sulfide) groups is 1. The van der Waals surface area contributed by atoms with E-state index >= 15 is 0 Å². The summed E-state index contributed by atoms with van der Waals surface area (Å²) in [6.07, 6.45) is 1.90. The molecule has 4 nitrogen and oxygen atoms in total. The molecule has 1 amide bonds. The quantitative estimate of drug-likeness (QED) is 0.695. The molecule has 7 heteroatoms. The summed E-state index contributed by atoms with van der Waals surface area (Å²) in [6.45, 7) is 0. The number of hydrogen-bond donors (Lipinski definition) is 1. The Kier molecular flexibility index (Phi) is 3.98. The molecule has 2 aromatic rings. The van der Waals surface area contributed by atoms with Crippen molar-refractivity contribution in [2.75, 3.05) is 11.6 Å². The van der Waals surface area contributed by atoms with Crippen LogP contribution in [0.1, 0.15) is 10.4 Å². The Morgan fingerprint density at radius 2 is 2.18 bits per heavy atom. The van der Waals surface area contributed by atoms with Crippen molar-refractivity contribution in [3.8, 4) is 0 Å². The fourth-order valence-corrected chi connectivity index (χ4v) is 2.54. The Balaban J connectivity index is 2.14. The fraction of sp³-hybridized carbons (Fsp3) is 0.100. The van der Waals surface area contributed by atoms with Gasteiger partial charge in [-0.15, -0.1) is 10.2 Å². The second kappa shape index (κ2) is 5.48. The first-order valence-corrected chi connectivity index (χ1v) is 7.06. The van der Waals surface area contributed by atoms with Gasteiger partial charge < -0.3 is 0 Å². The summed E-state index contributed by atoms with van der Waals surface area (Å²) in [6, 6.07) is 6.86. The van der Waals surface area contributed by atoms with E-state index in [1.165, 1.54) is 23.1 Å². The van der Waals surface area contributed by atoms with E-state index in [-0.39, 0.29) is 5.91 Å². The normalized spacial score (nSPS) is 10.2. The Hall–Kier alpha value is -1.11. The maximum Gasteiger partial charge on any atom is 0.259 e. The number of nitrogens with zero attached hydrogens (tertiary/aromatic N) is 2. The zero-order valence-electron chi connectivity index (χ0n) is 8.81. The molecule has 0 fully saturated rings. The first-order chi connectivity index (χ1) is 8.20. The smallest absolute Gasteiger partial charge is 0.259 e. The summed E-state index contributed by atoms with van der Waals surface area (Å²) in [7, 11) is 0. The van der Waals surface area contributed by atoms with Crippen molar-refractivity contribution in [2.24, 2.45) is 0 Å². The molecule has 0 atom stereocenters. The summed E-state index contributed by atoms with van der Waals surface area (Å²) in [4.78, 5) is 11.9. The monoisotopic (exact) mass is 285 g/mol. The molecule has 0 saturated carbocycles. The molecule has 1 heterocycles. The zero-order chi connectivity index (χ0) is 12.3. The third-order valence-electron chi connectivity index (χ3n) is 1.92. The van der Waals surface area contributed by atoms with E-state index < -0.39 is 0 Å². The standard InChI is InChI=1S/C10H8ClN3OS2/c1-16-10-14-13-9(17-10)12-8(15)6-4-2-3-5-7(6)11/h2-5H,1H3,(H,12,13,15). The van der Waals surface area contributed by atoms with Gasteiger partial charge in [0.25, 0.3) is 5.91 Å². The molecule has 0 unspecified atom stereocenters. The largest absolute Gasteiger partial charge is 0.296 e. The highest BCUT2D eigenvalue weighted by molar-refractivity contribution is 8.00. The lowest BCUT2D eigenvalue weighted by Gasteiger charge is -2.02. The number of aromatic nitrogens is 2. The van der Waals surface area contributed by atoms with Gasteiger partial charge in [-0.2, -0.15) is 0 Å². The van der Waals surface area contributed by atoms with Crippen LogP contribution in [0.2, 0.25) is 5.02 Å². The predicted octanol–water partition coefficient (Wildman–Crippen LogP) is 3.17. The highest BCUT2D eigenvalue weighted by Crippen LogP contribution is 2.24. The number of rotatable bonds is 3. The Morgan fingerprint density at radius 1 is 1.41 bits per heavy atom. The second-order valence-corrected chi connectivity index (χ2v) is 5.45.